The van der Waals surface area contributed by atoms with Gasteiger partial charge in [0.2, 0.25) is 0 Å². The van der Waals surface area contributed by atoms with E-state index < -0.39 is 11.7 Å². The van der Waals surface area contributed by atoms with Gasteiger partial charge in [-0.2, -0.15) is 23.7 Å². The summed E-state index contributed by atoms with van der Waals surface area (Å²) in [6, 6.07) is 48.7. The Morgan fingerprint density at radius 1 is 0.438 bits per heavy atom. The number of aromatic nitrogens is 2. The normalized spacial score (nSPS) is 11.8. The van der Waals surface area contributed by atoms with Gasteiger partial charge >= 0.3 is 6.18 Å². The number of benzene rings is 8. The van der Waals surface area contributed by atoms with Crippen molar-refractivity contribution < 1.29 is 13.2 Å². The number of hydrogen-bond donors (Lipinski definition) is 0. The Kier molecular flexibility index (Phi) is 9.36. The molecule has 0 fully saturated rings. The summed E-state index contributed by atoms with van der Waals surface area (Å²) in [6.45, 7) is 12.5. The topological polar surface area (TPSA) is 57.4 Å². The van der Waals surface area contributed by atoms with Gasteiger partial charge in [-0.25, -0.2) is 0 Å². The molecule has 8 aromatic carbocycles. The van der Waals surface area contributed by atoms with E-state index in [9.17, 15) is 10.5 Å². The molecule has 0 N–H and O–H groups in total. The lowest BCUT2D eigenvalue weighted by molar-refractivity contribution is -0.137. The summed E-state index contributed by atoms with van der Waals surface area (Å²) in [4.78, 5) is 0. The van der Waals surface area contributed by atoms with Crippen LogP contribution in [-0.2, 0) is 6.18 Å². The molecule has 2 aromatic heterocycles. The maximum atomic E-state index is 15.4. The van der Waals surface area contributed by atoms with E-state index >= 15 is 13.2 Å². The molecule has 2 heterocycles. The van der Waals surface area contributed by atoms with Crippen LogP contribution in [-0.4, -0.2) is 9.13 Å². The Morgan fingerprint density at radius 2 is 0.906 bits per heavy atom. The highest BCUT2D eigenvalue weighted by Gasteiger charge is 2.35. The van der Waals surface area contributed by atoms with Gasteiger partial charge in [0, 0.05) is 27.1 Å². The summed E-state index contributed by atoms with van der Waals surface area (Å²) >= 11 is 0. The number of nitriles is 2. The molecule has 10 aromatic rings. The molecular weight excluding hydrogens is 798 g/mol. The minimum atomic E-state index is -4.81. The van der Waals surface area contributed by atoms with Gasteiger partial charge in [-0.1, -0.05) is 102 Å². The smallest absolute Gasteiger partial charge is 0.309 e. The fourth-order valence-corrected chi connectivity index (χ4v) is 10.4. The summed E-state index contributed by atoms with van der Waals surface area (Å²) in [7, 11) is 0. The van der Waals surface area contributed by atoms with E-state index in [1.165, 1.54) is 17.7 Å². The molecule has 0 aliphatic carbocycles. The second kappa shape index (κ2) is 14.9. The molecule has 0 saturated carbocycles. The zero-order valence-electron chi connectivity index (χ0n) is 36.2. The number of rotatable bonds is 5. The van der Waals surface area contributed by atoms with Crippen LogP contribution < -0.4 is 0 Å². The van der Waals surface area contributed by atoms with E-state index in [4.69, 9.17) is 0 Å². The van der Waals surface area contributed by atoms with Crippen LogP contribution in [0.1, 0.15) is 50.1 Å². The fraction of sp³-hybridized carbons (Fsp3) is 0.123. The van der Waals surface area contributed by atoms with E-state index in [1.54, 1.807) is 12.1 Å². The van der Waals surface area contributed by atoms with Crippen LogP contribution in [0.3, 0.4) is 0 Å². The first-order valence-corrected chi connectivity index (χ1v) is 21.2. The first-order chi connectivity index (χ1) is 30.7. The van der Waals surface area contributed by atoms with E-state index in [2.05, 4.69) is 108 Å². The van der Waals surface area contributed by atoms with Crippen LogP contribution in [0.15, 0.2) is 140 Å². The average Bonchev–Trinajstić information content (AvgIpc) is 3.76. The molecule has 64 heavy (non-hydrogen) atoms. The maximum absolute atomic E-state index is 15.4. The molecule has 0 amide bonds. The van der Waals surface area contributed by atoms with Crippen molar-refractivity contribution in [3.8, 4) is 56.9 Å². The van der Waals surface area contributed by atoms with Gasteiger partial charge in [0.1, 0.15) is 6.07 Å². The van der Waals surface area contributed by atoms with E-state index in [-0.39, 0.29) is 22.3 Å². The van der Waals surface area contributed by atoms with Gasteiger partial charge in [0.25, 0.3) is 0 Å². The maximum Gasteiger partial charge on any atom is 0.417 e. The molecule has 0 saturated heterocycles. The monoisotopic (exact) mass is 838 g/mol. The van der Waals surface area contributed by atoms with Crippen molar-refractivity contribution in [1.82, 2.24) is 9.13 Å². The highest BCUT2D eigenvalue weighted by molar-refractivity contribution is 6.12. The van der Waals surface area contributed by atoms with Crippen LogP contribution in [0, 0.1) is 64.2 Å². The van der Waals surface area contributed by atoms with Gasteiger partial charge in [-0.05, 0) is 140 Å². The van der Waals surface area contributed by atoms with Crippen molar-refractivity contribution in [3.05, 3.63) is 190 Å². The van der Waals surface area contributed by atoms with Gasteiger partial charge < -0.3 is 9.13 Å². The fourth-order valence-electron chi connectivity index (χ4n) is 10.4. The molecule has 0 radical (unpaired) electrons. The summed E-state index contributed by atoms with van der Waals surface area (Å²) < 4.78 is 50.3. The molecule has 0 spiro atoms. The first-order valence-electron chi connectivity index (χ1n) is 21.2. The standard InChI is InChI=1S/C57H41F3N4/c1-32-21-34(3)55(35(4)22-32)39-16-19-45-43-11-7-9-13-49(43)63(52(45)26-39)51-29-47(42-18-15-38(30-61)25-48(42)57(58,59)60)54(28-41(51)31-62)64-50-14-10-8-12-44(50)46-20-17-40(27-53(46)64)56-36(5)23-33(2)24-37(56)6/h7-29H,1-6H3. The third-order valence-electron chi connectivity index (χ3n) is 12.7. The van der Waals surface area contributed by atoms with Crippen molar-refractivity contribution in [3.63, 3.8) is 0 Å². The van der Waals surface area contributed by atoms with Crippen molar-refractivity contribution in [1.29, 1.82) is 10.5 Å². The third kappa shape index (κ3) is 6.35. The second-order valence-corrected chi connectivity index (χ2v) is 17.1. The highest BCUT2D eigenvalue weighted by atomic mass is 19.4. The molecule has 10 rings (SSSR count). The second-order valence-electron chi connectivity index (χ2n) is 17.1. The molecule has 4 nitrogen and oxygen atoms in total. The SMILES string of the molecule is Cc1cc(C)c(-c2ccc3c4ccccc4n(-c4cc(-c5ccc(C#N)cc5C(F)(F)F)c(-n5c6ccccc6c6ccc(-c7c(C)cc(C)cc7C)cc65)cc4C#N)c3c2)c(C)c1. The Bertz CT molecular complexity index is 3650. The van der Waals surface area contributed by atoms with Gasteiger partial charge in [0.05, 0.1) is 56.2 Å². The van der Waals surface area contributed by atoms with Crippen molar-refractivity contribution in [2.24, 2.45) is 0 Å². The third-order valence-corrected chi connectivity index (χ3v) is 12.7. The highest BCUT2D eigenvalue weighted by Crippen LogP contribution is 2.46. The molecule has 0 unspecified atom stereocenters. The zero-order valence-corrected chi connectivity index (χ0v) is 36.2. The van der Waals surface area contributed by atoms with E-state index in [0.717, 1.165) is 99.7 Å². The Labute approximate surface area is 369 Å². The number of fused-ring (bicyclic) bond motifs is 6. The van der Waals surface area contributed by atoms with Gasteiger partial charge in [-0.15, -0.1) is 0 Å². The molecule has 7 heteroatoms. The molecule has 0 bridgehead atoms. The number of aryl methyl sites for hydroxylation is 6. The van der Waals surface area contributed by atoms with Crippen LogP contribution in [0.4, 0.5) is 13.2 Å². The molecule has 0 atom stereocenters. The Morgan fingerprint density at radius 3 is 1.38 bits per heavy atom. The molecular formula is C57H41F3N4. The number of halogens is 3. The number of para-hydroxylation sites is 2. The average molecular weight is 839 g/mol. The quantitative estimate of drug-likeness (QED) is 0.173. The van der Waals surface area contributed by atoms with Crippen molar-refractivity contribution >= 4 is 43.6 Å². The summed E-state index contributed by atoms with van der Waals surface area (Å²) in [5.41, 5.74) is 14.4. The summed E-state index contributed by atoms with van der Waals surface area (Å²) in [6.07, 6.45) is -4.81. The minimum Gasteiger partial charge on any atom is -0.309 e. The van der Waals surface area contributed by atoms with Crippen LogP contribution >= 0.6 is 0 Å². The summed E-state index contributed by atoms with van der Waals surface area (Å²) in [5, 5.41) is 24.8. The largest absolute Gasteiger partial charge is 0.417 e. The lowest BCUT2D eigenvalue weighted by atomic mass is 9.92. The molecule has 0 aliphatic rings. The summed E-state index contributed by atoms with van der Waals surface area (Å²) in [5.74, 6) is 0. The van der Waals surface area contributed by atoms with E-state index in [1.807, 2.05) is 63.7 Å². The van der Waals surface area contributed by atoms with Crippen molar-refractivity contribution in [2.75, 3.05) is 0 Å². The first kappa shape index (κ1) is 40.2. The zero-order chi connectivity index (χ0) is 44.8. The van der Waals surface area contributed by atoms with Crippen LogP contribution in [0.25, 0.3) is 88.4 Å². The van der Waals surface area contributed by atoms with Crippen LogP contribution in [0.2, 0.25) is 0 Å². The number of nitrogens with zero attached hydrogens (tertiary/aromatic N) is 4. The Hall–Kier alpha value is -7.87. The van der Waals surface area contributed by atoms with Crippen LogP contribution in [0.5, 0.6) is 0 Å². The van der Waals surface area contributed by atoms with Crippen molar-refractivity contribution in [2.45, 2.75) is 47.7 Å². The lowest BCUT2D eigenvalue weighted by Gasteiger charge is -2.21. The van der Waals surface area contributed by atoms with Gasteiger partial charge in [0.15, 0.2) is 0 Å². The molecule has 0 aliphatic heterocycles. The predicted octanol–water partition coefficient (Wildman–Crippen LogP) is 15.5. The minimum absolute atomic E-state index is 0.103. The molecule has 310 valence electrons. The number of hydrogen-bond acceptors (Lipinski definition) is 2. The Balaban J connectivity index is 1.35. The van der Waals surface area contributed by atoms with Gasteiger partial charge in [-0.3, -0.25) is 0 Å². The lowest BCUT2D eigenvalue weighted by Crippen LogP contribution is -2.10. The van der Waals surface area contributed by atoms with E-state index in [0.29, 0.717) is 11.4 Å². The predicted molar refractivity (Wildman–Crippen MR) is 254 cm³/mol. The number of alkyl halides is 3.